The number of tetrazole rings is 1. The summed E-state index contributed by atoms with van der Waals surface area (Å²) in [6.07, 6.45) is 3.85. The zero-order chi connectivity index (χ0) is 16.4. The van der Waals surface area contributed by atoms with Crippen LogP contribution in [-0.2, 0) is 0 Å². The molecule has 0 saturated carbocycles. The molecule has 1 aliphatic rings. The van der Waals surface area contributed by atoms with E-state index in [0.717, 1.165) is 43.4 Å². The van der Waals surface area contributed by atoms with Crippen LogP contribution in [0.3, 0.4) is 0 Å². The molecular weight excluding hydrogens is 308 g/mol. The molecule has 0 spiro atoms. The van der Waals surface area contributed by atoms with Crippen LogP contribution in [0.25, 0.3) is 5.65 Å². The molecule has 10 nitrogen and oxygen atoms in total. The predicted octanol–water partition coefficient (Wildman–Crippen LogP) is 0.432. The summed E-state index contributed by atoms with van der Waals surface area (Å²) < 4.78 is 1.42. The molecule has 3 aromatic heterocycles. The molecule has 24 heavy (non-hydrogen) atoms. The molecule has 1 saturated heterocycles. The summed E-state index contributed by atoms with van der Waals surface area (Å²) in [5.41, 5.74) is 0.628. The monoisotopic (exact) mass is 326 g/mol. The van der Waals surface area contributed by atoms with Crippen molar-refractivity contribution in [2.45, 2.75) is 18.9 Å². The van der Waals surface area contributed by atoms with Crippen molar-refractivity contribution in [1.29, 1.82) is 0 Å². The third-order valence-electron chi connectivity index (χ3n) is 4.17. The van der Waals surface area contributed by atoms with Crippen LogP contribution < -0.4 is 15.5 Å². The first-order valence-corrected chi connectivity index (χ1v) is 7.89. The van der Waals surface area contributed by atoms with Gasteiger partial charge in [0.2, 0.25) is 0 Å². The van der Waals surface area contributed by atoms with Crippen LogP contribution in [0.1, 0.15) is 12.8 Å². The standard InChI is InChI=1S/C14H18N10/c1-15-12-7-14(18-9-17-12)23-6-2-3-10(23)8-16-11-4-5-13-19-21-22-24(13)20-11/h4-5,7,9-10H,2-3,6,8H2,1H3,(H,16,20)(H,15,17,18)/t10-/m1/s1. The second kappa shape index (κ2) is 6.22. The van der Waals surface area contributed by atoms with E-state index in [2.05, 4.69) is 46.1 Å². The second-order valence-electron chi connectivity index (χ2n) is 5.63. The van der Waals surface area contributed by atoms with Gasteiger partial charge >= 0.3 is 0 Å². The highest BCUT2D eigenvalue weighted by Gasteiger charge is 2.25. The maximum Gasteiger partial charge on any atom is 0.200 e. The van der Waals surface area contributed by atoms with Crippen LogP contribution >= 0.6 is 0 Å². The van der Waals surface area contributed by atoms with Gasteiger partial charge in [-0.15, -0.1) is 14.8 Å². The fourth-order valence-electron chi connectivity index (χ4n) is 2.96. The number of hydrogen-bond donors (Lipinski definition) is 2. The number of anilines is 3. The number of aromatic nitrogens is 7. The molecule has 0 aromatic carbocycles. The fourth-order valence-corrected chi connectivity index (χ4v) is 2.96. The minimum absolute atomic E-state index is 0.357. The van der Waals surface area contributed by atoms with Crippen molar-refractivity contribution in [2.75, 3.05) is 35.7 Å². The molecule has 1 fully saturated rings. The first-order chi connectivity index (χ1) is 11.8. The van der Waals surface area contributed by atoms with Crippen LogP contribution in [0.5, 0.6) is 0 Å². The Hall–Kier alpha value is -3.04. The van der Waals surface area contributed by atoms with Crippen molar-refractivity contribution in [3.63, 3.8) is 0 Å². The minimum Gasteiger partial charge on any atom is -0.373 e. The van der Waals surface area contributed by atoms with Crippen molar-refractivity contribution >= 4 is 23.1 Å². The van der Waals surface area contributed by atoms with Gasteiger partial charge in [-0.05, 0) is 35.4 Å². The third kappa shape index (κ3) is 2.77. The van der Waals surface area contributed by atoms with E-state index in [-0.39, 0.29) is 0 Å². The van der Waals surface area contributed by atoms with Crippen molar-refractivity contribution < 1.29 is 0 Å². The molecule has 0 aliphatic carbocycles. The lowest BCUT2D eigenvalue weighted by molar-refractivity contribution is 0.682. The molecule has 0 unspecified atom stereocenters. The predicted molar refractivity (Wildman–Crippen MR) is 89.0 cm³/mol. The molecule has 0 radical (unpaired) electrons. The van der Waals surface area contributed by atoms with E-state index in [1.54, 1.807) is 6.33 Å². The van der Waals surface area contributed by atoms with Gasteiger partial charge in [-0.25, -0.2) is 9.97 Å². The number of rotatable bonds is 5. The van der Waals surface area contributed by atoms with E-state index in [1.807, 2.05) is 25.2 Å². The molecule has 4 rings (SSSR count). The number of hydrogen-bond acceptors (Lipinski definition) is 9. The molecule has 1 aliphatic heterocycles. The molecule has 0 amide bonds. The van der Waals surface area contributed by atoms with Crippen LogP contribution in [0.15, 0.2) is 24.5 Å². The van der Waals surface area contributed by atoms with Gasteiger partial charge in [0.25, 0.3) is 0 Å². The average molecular weight is 326 g/mol. The lowest BCUT2D eigenvalue weighted by Crippen LogP contribution is -2.35. The Morgan fingerprint density at radius 2 is 2.21 bits per heavy atom. The highest BCUT2D eigenvalue weighted by atomic mass is 15.6. The fraction of sp³-hybridized carbons (Fsp3) is 0.429. The van der Waals surface area contributed by atoms with Gasteiger partial charge in [-0.1, -0.05) is 0 Å². The summed E-state index contributed by atoms with van der Waals surface area (Å²) in [5, 5.41) is 22.0. The molecular formula is C14H18N10. The SMILES string of the molecule is CNc1cc(N2CCC[C@@H]2CNc2ccc3nnnn3n2)ncn1. The molecule has 2 N–H and O–H groups in total. The molecule has 3 aromatic rings. The lowest BCUT2D eigenvalue weighted by Gasteiger charge is -2.26. The highest BCUT2D eigenvalue weighted by Crippen LogP contribution is 2.25. The first-order valence-electron chi connectivity index (χ1n) is 7.89. The van der Waals surface area contributed by atoms with Crippen LogP contribution in [0.4, 0.5) is 17.5 Å². The largest absolute Gasteiger partial charge is 0.373 e. The van der Waals surface area contributed by atoms with Gasteiger partial charge in [0, 0.05) is 32.2 Å². The second-order valence-corrected chi connectivity index (χ2v) is 5.63. The van der Waals surface area contributed by atoms with Gasteiger partial charge < -0.3 is 15.5 Å². The number of nitrogens with one attached hydrogen (secondary N) is 2. The zero-order valence-electron chi connectivity index (χ0n) is 13.3. The third-order valence-corrected chi connectivity index (χ3v) is 4.17. The summed E-state index contributed by atoms with van der Waals surface area (Å²) in [6, 6.07) is 6.06. The van der Waals surface area contributed by atoms with Crippen molar-refractivity contribution in [2.24, 2.45) is 0 Å². The summed E-state index contributed by atoms with van der Waals surface area (Å²) in [4.78, 5) is 10.9. The van der Waals surface area contributed by atoms with Gasteiger partial charge in [0.15, 0.2) is 5.65 Å². The van der Waals surface area contributed by atoms with Gasteiger partial charge in [-0.3, -0.25) is 0 Å². The maximum atomic E-state index is 4.41. The van der Waals surface area contributed by atoms with Crippen molar-refractivity contribution in [3.05, 3.63) is 24.5 Å². The summed E-state index contributed by atoms with van der Waals surface area (Å²) >= 11 is 0. The van der Waals surface area contributed by atoms with E-state index in [4.69, 9.17) is 0 Å². The van der Waals surface area contributed by atoms with E-state index >= 15 is 0 Å². The quantitative estimate of drug-likeness (QED) is 0.690. The summed E-state index contributed by atoms with van der Waals surface area (Å²) in [5.74, 6) is 2.52. The molecule has 1 atom stereocenters. The normalized spacial score (nSPS) is 17.4. The zero-order valence-corrected chi connectivity index (χ0v) is 13.3. The maximum absolute atomic E-state index is 4.41. The van der Waals surface area contributed by atoms with Gasteiger partial charge in [-0.2, -0.15) is 0 Å². The summed E-state index contributed by atoms with van der Waals surface area (Å²) in [6.45, 7) is 1.77. The molecule has 4 heterocycles. The van der Waals surface area contributed by atoms with Crippen molar-refractivity contribution in [1.82, 2.24) is 35.2 Å². The van der Waals surface area contributed by atoms with Gasteiger partial charge in [0.05, 0.1) is 0 Å². The van der Waals surface area contributed by atoms with E-state index in [1.165, 1.54) is 4.63 Å². The van der Waals surface area contributed by atoms with Crippen LogP contribution in [-0.4, -0.2) is 61.4 Å². The van der Waals surface area contributed by atoms with Crippen molar-refractivity contribution in [3.8, 4) is 0 Å². The van der Waals surface area contributed by atoms with Gasteiger partial charge in [0.1, 0.15) is 23.8 Å². The molecule has 10 heteroatoms. The summed E-state index contributed by atoms with van der Waals surface area (Å²) in [7, 11) is 1.86. The smallest absolute Gasteiger partial charge is 0.200 e. The topological polar surface area (TPSA) is 109 Å². The highest BCUT2D eigenvalue weighted by molar-refractivity contribution is 5.50. The first kappa shape index (κ1) is 14.5. The Bertz CT molecular complexity index is 831. The Morgan fingerprint density at radius 1 is 1.25 bits per heavy atom. The molecule has 0 bridgehead atoms. The van der Waals surface area contributed by atoms with E-state index in [9.17, 15) is 0 Å². The van der Waals surface area contributed by atoms with E-state index in [0.29, 0.717) is 11.7 Å². The van der Waals surface area contributed by atoms with Crippen LogP contribution in [0, 0.1) is 0 Å². The Labute approximate surface area is 138 Å². The Morgan fingerprint density at radius 3 is 3.12 bits per heavy atom. The average Bonchev–Trinajstić information content (AvgIpc) is 3.28. The Balaban J connectivity index is 1.46. The number of fused-ring (bicyclic) bond motifs is 1. The number of nitrogens with zero attached hydrogens (tertiary/aromatic N) is 8. The Kier molecular flexibility index (Phi) is 3.77. The minimum atomic E-state index is 0.357. The lowest BCUT2D eigenvalue weighted by atomic mass is 10.2. The van der Waals surface area contributed by atoms with Crippen LogP contribution in [0.2, 0.25) is 0 Å². The molecule has 124 valence electrons. The van der Waals surface area contributed by atoms with E-state index < -0.39 is 0 Å².